The van der Waals surface area contributed by atoms with Gasteiger partial charge >= 0.3 is 0 Å². The van der Waals surface area contributed by atoms with Gasteiger partial charge in [-0.1, -0.05) is 11.6 Å². The number of sulfonamides is 1. The number of nitrogens with one attached hydrogen (secondary N) is 1. The Morgan fingerprint density at radius 2 is 2.18 bits per heavy atom. The molecule has 1 amide bonds. The van der Waals surface area contributed by atoms with Gasteiger partial charge in [-0.15, -0.1) is 0 Å². The Kier molecular flexibility index (Phi) is 3.42. The van der Waals surface area contributed by atoms with E-state index in [1.165, 1.54) is 6.07 Å². The number of amides is 1. The number of aromatic nitrogens is 1. The summed E-state index contributed by atoms with van der Waals surface area (Å²) in [7, 11) is -3.85. The molecule has 8 heteroatoms. The summed E-state index contributed by atoms with van der Waals surface area (Å²) in [5, 5.41) is 0.164. The predicted octanol–water partition coefficient (Wildman–Crippen LogP) is 1.71. The van der Waals surface area contributed by atoms with E-state index in [1.807, 2.05) is 4.72 Å². The van der Waals surface area contributed by atoms with Crippen LogP contribution in [0.15, 0.2) is 21.6 Å². The zero-order valence-corrected chi connectivity index (χ0v) is 11.6. The number of nitrogens with zero attached hydrogens (tertiary/aromatic N) is 1. The third kappa shape index (κ3) is 2.97. The minimum Gasteiger partial charge on any atom is -0.274 e. The average molecular weight is 340 g/mol. The van der Waals surface area contributed by atoms with Crippen molar-refractivity contribution in [1.82, 2.24) is 9.71 Å². The van der Waals surface area contributed by atoms with E-state index in [4.69, 9.17) is 11.6 Å². The van der Waals surface area contributed by atoms with E-state index in [2.05, 4.69) is 20.9 Å². The number of rotatable bonds is 3. The first-order chi connectivity index (χ1) is 7.90. The molecule has 1 fully saturated rings. The van der Waals surface area contributed by atoms with Crippen LogP contribution >= 0.6 is 27.5 Å². The molecule has 0 radical (unpaired) electrons. The van der Waals surface area contributed by atoms with Crippen LogP contribution in [0.2, 0.25) is 5.15 Å². The zero-order chi connectivity index (χ0) is 12.6. The van der Waals surface area contributed by atoms with Gasteiger partial charge in [0.05, 0.1) is 4.47 Å². The fraction of sp³-hybridized carbons (Fsp3) is 0.333. The van der Waals surface area contributed by atoms with Gasteiger partial charge in [0.15, 0.2) is 0 Å². The molecule has 0 aromatic carbocycles. The quantitative estimate of drug-likeness (QED) is 0.851. The summed E-state index contributed by atoms with van der Waals surface area (Å²) in [6.07, 6.45) is 2.59. The lowest BCUT2D eigenvalue weighted by molar-refractivity contribution is -0.120. The highest BCUT2D eigenvalue weighted by Crippen LogP contribution is 2.29. The summed E-state index contributed by atoms with van der Waals surface area (Å²) in [5.41, 5.74) is 0. The second kappa shape index (κ2) is 4.55. The first-order valence-electron chi connectivity index (χ1n) is 4.78. The van der Waals surface area contributed by atoms with Gasteiger partial charge in [0.2, 0.25) is 5.91 Å². The summed E-state index contributed by atoms with van der Waals surface area (Å²) < 4.78 is 26.0. The van der Waals surface area contributed by atoms with Crippen LogP contribution in [-0.4, -0.2) is 19.3 Å². The standard InChI is InChI=1S/C9H8BrClN2O3S/c10-7-3-6(4-12-8(7)11)17(15,16)13-9(14)5-1-2-5/h3-5H,1-2H2,(H,13,14). The van der Waals surface area contributed by atoms with Crippen LogP contribution in [0.25, 0.3) is 0 Å². The summed E-state index contributed by atoms with van der Waals surface area (Å²) >= 11 is 8.73. The van der Waals surface area contributed by atoms with Crippen LogP contribution in [-0.2, 0) is 14.8 Å². The number of pyridine rings is 1. The topological polar surface area (TPSA) is 76.1 Å². The summed E-state index contributed by atoms with van der Waals surface area (Å²) in [6, 6.07) is 1.30. The molecule has 1 heterocycles. The van der Waals surface area contributed by atoms with Crippen molar-refractivity contribution in [3.8, 4) is 0 Å². The number of hydrogen-bond donors (Lipinski definition) is 1. The van der Waals surface area contributed by atoms with Crippen LogP contribution in [0, 0.1) is 5.92 Å². The zero-order valence-electron chi connectivity index (χ0n) is 8.48. The van der Waals surface area contributed by atoms with E-state index in [0.29, 0.717) is 4.47 Å². The molecule has 1 aliphatic rings. The molecule has 2 rings (SSSR count). The molecule has 0 atom stereocenters. The maximum Gasteiger partial charge on any atom is 0.265 e. The van der Waals surface area contributed by atoms with Crippen molar-refractivity contribution < 1.29 is 13.2 Å². The van der Waals surface area contributed by atoms with Crippen LogP contribution in [0.1, 0.15) is 12.8 Å². The van der Waals surface area contributed by atoms with E-state index >= 15 is 0 Å². The SMILES string of the molecule is O=C(NS(=O)(=O)c1cnc(Cl)c(Br)c1)C1CC1. The van der Waals surface area contributed by atoms with Crippen molar-refractivity contribution in [2.24, 2.45) is 5.92 Å². The molecular weight excluding hydrogens is 332 g/mol. The van der Waals surface area contributed by atoms with Gasteiger partial charge < -0.3 is 0 Å². The van der Waals surface area contributed by atoms with Gasteiger partial charge in [0, 0.05) is 12.1 Å². The highest BCUT2D eigenvalue weighted by Gasteiger charge is 2.32. The fourth-order valence-electron chi connectivity index (χ4n) is 1.17. The Morgan fingerprint density at radius 1 is 1.53 bits per heavy atom. The Balaban J connectivity index is 2.24. The second-order valence-corrected chi connectivity index (χ2v) is 6.58. The third-order valence-corrected chi connectivity index (χ3v) is 4.71. The molecule has 1 aliphatic carbocycles. The third-order valence-electron chi connectivity index (χ3n) is 2.26. The predicted molar refractivity (Wildman–Crippen MR) is 65.0 cm³/mol. The van der Waals surface area contributed by atoms with E-state index in [-0.39, 0.29) is 16.0 Å². The van der Waals surface area contributed by atoms with Crippen LogP contribution in [0.3, 0.4) is 0 Å². The molecule has 5 nitrogen and oxygen atoms in total. The van der Waals surface area contributed by atoms with E-state index in [9.17, 15) is 13.2 Å². The molecule has 1 saturated carbocycles. The Bertz CT molecular complexity index is 572. The molecule has 0 bridgehead atoms. The van der Waals surface area contributed by atoms with Crippen molar-refractivity contribution in [3.63, 3.8) is 0 Å². The lowest BCUT2D eigenvalue weighted by Gasteiger charge is -2.06. The largest absolute Gasteiger partial charge is 0.274 e. The minimum atomic E-state index is -3.85. The lowest BCUT2D eigenvalue weighted by atomic mass is 10.4. The minimum absolute atomic E-state index is 0.0947. The van der Waals surface area contributed by atoms with Gasteiger partial charge in [0.1, 0.15) is 10.0 Å². The van der Waals surface area contributed by atoms with E-state index < -0.39 is 15.9 Å². The van der Waals surface area contributed by atoms with Gasteiger partial charge in [-0.2, -0.15) is 0 Å². The molecule has 92 valence electrons. The first kappa shape index (κ1) is 12.8. The molecule has 0 aliphatic heterocycles. The maximum atomic E-state index is 11.8. The Hall–Kier alpha value is -0.660. The van der Waals surface area contributed by atoms with Crippen LogP contribution < -0.4 is 4.72 Å². The monoisotopic (exact) mass is 338 g/mol. The normalized spacial score (nSPS) is 15.6. The molecule has 0 saturated heterocycles. The number of carbonyl (C=O) groups is 1. The molecular formula is C9H8BrClN2O3S. The molecule has 0 spiro atoms. The van der Waals surface area contributed by atoms with Gasteiger partial charge in [0.25, 0.3) is 10.0 Å². The van der Waals surface area contributed by atoms with Gasteiger partial charge in [-0.25, -0.2) is 18.1 Å². The molecule has 1 aromatic heterocycles. The van der Waals surface area contributed by atoms with Gasteiger partial charge in [-0.3, -0.25) is 4.79 Å². The number of halogens is 2. The maximum absolute atomic E-state index is 11.8. The van der Waals surface area contributed by atoms with Crippen molar-refractivity contribution in [2.75, 3.05) is 0 Å². The average Bonchev–Trinajstić information content (AvgIpc) is 3.04. The lowest BCUT2D eigenvalue weighted by Crippen LogP contribution is -2.31. The Labute approximate surface area is 112 Å². The number of carbonyl (C=O) groups excluding carboxylic acids is 1. The second-order valence-electron chi connectivity index (χ2n) is 3.69. The highest BCUT2D eigenvalue weighted by atomic mass is 79.9. The first-order valence-corrected chi connectivity index (χ1v) is 7.43. The summed E-state index contributed by atoms with van der Waals surface area (Å²) in [5.74, 6) is -0.635. The van der Waals surface area contributed by atoms with E-state index in [0.717, 1.165) is 19.0 Å². The van der Waals surface area contributed by atoms with Crippen molar-refractivity contribution in [1.29, 1.82) is 0 Å². The summed E-state index contributed by atoms with van der Waals surface area (Å²) in [6.45, 7) is 0. The number of hydrogen-bond acceptors (Lipinski definition) is 4. The molecule has 1 aromatic rings. The molecule has 1 N–H and O–H groups in total. The molecule has 0 unspecified atom stereocenters. The van der Waals surface area contributed by atoms with Crippen molar-refractivity contribution in [2.45, 2.75) is 17.7 Å². The van der Waals surface area contributed by atoms with Crippen molar-refractivity contribution >= 4 is 43.5 Å². The van der Waals surface area contributed by atoms with Gasteiger partial charge in [-0.05, 0) is 34.8 Å². The summed E-state index contributed by atoms with van der Waals surface area (Å²) in [4.78, 5) is 15.0. The highest BCUT2D eigenvalue weighted by molar-refractivity contribution is 9.10. The smallest absolute Gasteiger partial charge is 0.265 e. The Morgan fingerprint density at radius 3 is 2.71 bits per heavy atom. The van der Waals surface area contributed by atoms with Crippen LogP contribution in [0.5, 0.6) is 0 Å². The van der Waals surface area contributed by atoms with Crippen LogP contribution in [0.4, 0.5) is 0 Å². The van der Waals surface area contributed by atoms with E-state index in [1.54, 1.807) is 0 Å². The molecule has 17 heavy (non-hydrogen) atoms. The van der Waals surface area contributed by atoms with Crippen molar-refractivity contribution in [3.05, 3.63) is 21.9 Å². The fourth-order valence-corrected chi connectivity index (χ4v) is 2.79.